The third kappa shape index (κ3) is 3.48. The molecule has 1 atom stereocenters. The predicted molar refractivity (Wildman–Crippen MR) is 77.6 cm³/mol. The van der Waals surface area contributed by atoms with Crippen LogP contribution in [0.4, 0.5) is 0 Å². The van der Waals surface area contributed by atoms with Gasteiger partial charge in [-0.15, -0.1) is 0 Å². The molecule has 4 nitrogen and oxygen atoms in total. The number of amides is 1. The van der Waals surface area contributed by atoms with E-state index in [0.29, 0.717) is 13.2 Å². The lowest BCUT2D eigenvalue weighted by Crippen LogP contribution is -2.40. The van der Waals surface area contributed by atoms with Gasteiger partial charge >= 0.3 is 0 Å². The summed E-state index contributed by atoms with van der Waals surface area (Å²) in [6.07, 6.45) is 2.87. The maximum absolute atomic E-state index is 11.4. The topological polar surface area (TPSA) is 55.6 Å². The predicted octanol–water partition coefficient (Wildman–Crippen LogP) is 2.11. The van der Waals surface area contributed by atoms with Crippen molar-refractivity contribution in [2.24, 2.45) is 5.73 Å². The molecule has 1 heterocycles. The first-order valence-electron chi connectivity index (χ1n) is 6.39. The molecule has 0 aromatic heterocycles. The zero-order valence-corrected chi connectivity index (χ0v) is 12.5. The van der Waals surface area contributed by atoms with E-state index < -0.39 is 0 Å². The molecule has 0 spiro atoms. The van der Waals surface area contributed by atoms with Gasteiger partial charge in [-0.25, -0.2) is 0 Å². The Morgan fingerprint density at radius 3 is 3.05 bits per heavy atom. The summed E-state index contributed by atoms with van der Waals surface area (Å²) in [5, 5.41) is 0. The van der Waals surface area contributed by atoms with Crippen molar-refractivity contribution in [1.82, 2.24) is 4.90 Å². The van der Waals surface area contributed by atoms with Crippen molar-refractivity contribution in [2.75, 3.05) is 13.2 Å². The van der Waals surface area contributed by atoms with Crippen LogP contribution in [0.15, 0.2) is 22.7 Å². The third-order valence-electron chi connectivity index (χ3n) is 3.19. The molecule has 1 aliphatic rings. The quantitative estimate of drug-likeness (QED) is 0.902. The summed E-state index contributed by atoms with van der Waals surface area (Å²) in [6, 6.07) is 5.66. The number of carbonyl (C=O) groups excluding carboxylic acids is 1. The zero-order valence-electron chi connectivity index (χ0n) is 10.9. The largest absolute Gasteiger partial charge is 0.494 e. The van der Waals surface area contributed by atoms with Gasteiger partial charge in [0.1, 0.15) is 5.75 Å². The normalized spacial score (nSPS) is 19.6. The van der Waals surface area contributed by atoms with Crippen molar-refractivity contribution < 1.29 is 9.53 Å². The van der Waals surface area contributed by atoms with Gasteiger partial charge in [-0.1, -0.05) is 15.9 Å². The lowest BCUT2D eigenvalue weighted by Gasteiger charge is -2.23. The number of hydrogen-bond acceptors (Lipinski definition) is 3. The number of carbonyl (C=O) groups is 1. The fourth-order valence-electron chi connectivity index (χ4n) is 2.35. The lowest BCUT2D eigenvalue weighted by molar-refractivity contribution is -0.121. The first-order valence-corrected chi connectivity index (χ1v) is 7.19. The molecular weight excluding hydrogens is 308 g/mol. The highest BCUT2D eigenvalue weighted by molar-refractivity contribution is 9.10. The number of nitrogens with two attached hydrogens (primary N) is 1. The van der Waals surface area contributed by atoms with Gasteiger partial charge in [0.25, 0.3) is 0 Å². The fraction of sp³-hybridized carbons (Fsp3) is 0.429. The minimum Gasteiger partial charge on any atom is -0.494 e. The molecule has 2 rings (SSSR count). The number of hydrogen-bond donors (Lipinski definition) is 1. The Balaban J connectivity index is 2.17. The molecule has 5 heteroatoms. The third-order valence-corrected chi connectivity index (χ3v) is 3.68. The van der Waals surface area contributed by atoms with Gasteiger partial charge in [-0.05, 0) is 44.5 Å². The second-order valence-electron chi connectivity index (χ2n) is 4.53. The number of rotatable bonds is 5. The molecule has 2 N–H and O–H groups in total. The Kier molecular flexibility index (Phi) is 4.82. The molecule has 1 saturated heterocycles. The Morgan fingerprint density at radius 1 is 1.58 bits per heavy atom. The van der Waals surface area contributed by atoms with E-state index in [1.807, 2.05) is 31.5 Å². The van der Waals surface area contributed by atoms with E-state index in [9.17, 15) is 4.79 Å². The van der Waals surface area contributed by atoms with Crippen molar-refractivity contribution in [3.05, 3.63) is 34.7 Å². The van der Waals surface area contributed by atoms with Crippen LogP contribution < -0.4 is 10.5 Å². The van der Waals surface area contributed by atoms with Gasteiger partial charge in [-0.3, -0.25) is 9.69 Å². The second-order valence-corrected chi connectivity index (χ2v) is 5.44. The van der Waals surface area contributed by atoms with E-state index >= 15 is 0 Å². The van der Waals surface area contributed by atoms with Crippen molar-refractivity contribution in [3.63, 3.8) is 0 Å². The minimum atomic E-state index is -0.287. The van der Waals surface area contributed by atoms with Gasteiger partial charge < -0.3 is 10.5 Å². The summed E-state index contributed by atoms with van der Waals surface area (Å²) in [7, 11) is 0. The van der Waals surface area contributed by atoms with Gasteiger partial charge in [0.2, 0.25) is 5.91 Å². The number of primary amides is 1. The maximum Gasteiger partial charge on any atom is 0.235 e. The van der Waals surface area contributed by atoms with Crippen LogP contribution in [0, 0.1) is 6.42 Å². The number of benzene rings is 1. The van der Waals surface area contributed by atoms with Gasteiger partial charge in [0.05, 0.1) is 12.6 Å². The van der Waals surface area contributed by atoms with Crippen LogP contribution in [-0.2, 0) is 11.3 Å². The first-order chi connectivity index (χ1) is 9.11. The Hall–Kier alpha value is -1.07. The van der Waals surface area contributed by atoms with Crippen molar-refractivity contribution in [3.8, 4) is 5.75 Å². The average molecular weight is 326 g/mol. The second kappa shape index (κ2) is 6.39. The van der Waals surface area contributed by atoms with Crippen LogP contribution in [0.2, 0.25) is 0 Å². The number of nitrogens with zero attached hydrogens (tertiary/aromatic N) is 1. The molecule has 1 aromatic carbocycles. The summed E-state index contributed by atoms with van der Waals surface area (Å²) in [5.74, 6) is 0.575. The molecule has 0 saturated carbocycles. The van der Waals surface area contributed by atoms with Crippen LogP contribution in [-0.4, -0.2) is 30.0 Å². The van der Waals surface area contributed by atoms with Crippen molar-refractivity contribution >= 4 is 21.8 Å². The Bertz CT molecular complexity index is 465. The molecule has 1 amide bonds. The zero-order chi connectivity index (χ0) is 13.8. The van der Waals surface area contributed by atoms with Crippen LogP contribution in [0.5, 0.6) is 5.75 Å². The van der Waals surface area contributed by atoms with E-state index in [1.165, 1.54) is 0 Å². The van der Waals surface area contributed by atoms with Crippen LogP contribution >= 0.6 is 15.9 Å². The fourth-order valence-corrected chi connectivity index (χ4v) is 2.76. The average Bonchev–Trinajstić information content (AvgIpc) is 2.81. The molecule has 103 valence electrons. The van der Waals surface area contributed by atoms with Gasteiger partial charge in [0.15, 0.2) is 0 Å². The molecule has 0 aliphatic carbocycles. The van der Waals surface area contributed by atoms with Crippen LogP contribution in [0.3, 0.4) is 0 Å². The Labute approximate surface area is 122 Å². The summed E-state index contributed by atoms with van der Waals surface area (Å²) in [6.45, 7) is 4.10. The smallest absolute Gasteiger partial charge is 0.235 e. The summed E-state index contributed by atoms with van der Waals surface area (Å²) >= 11 is 3.47. The number of ether oxygens (including phenoxy) is 1. The minimum absolute atomic E-state index is 0.270. The molecule has 1 unspecified atom stereocenters. The van der Waals surface area contributed by atoms with Crippen LogP contribution in [0.25, 0.3) is 0 Å². The number of halogens is 1. The van der Waals surface area contributed by atoms with E-state index in [0.717, 1.165) is 28.8 Å². The van der Waals surface area contributed by atoms with Crippen LogP contribution in [0.1, 0.15) is 18.9 Å². The standard InChI is InChI=1S/C14H18BrN2O2/c1-2-19-13-6-5-11(15)8-10(13)9-17-7-3-4-12(17)14(16)18/h4-6,8,12H,2-3,7,9H2,1H3,(H2,16,18). The van der Waals surface area contributed by atoms with Crippen molar-refractivity contribution in [1.29, 1.82) is 0 Å². The highest BCUT2D eigenvalue weighted by atomic mass is 79.9. The summed E-state index contributed by atoms with van der Waals surface area (Å²) < 4.78 is 6.63. The molecule has 1 radical (unpaired) electrons. The van der Waals surface area contributed by atoms with E-state index in [2.05, 4.69) is 20.8 Å². The van der Waals surface area contributed by atoms with E-state index in [-0.39, 0.29) is 11.9 Å². The monoisotopic (exact) mass is 325 g/mol. The lowest BCUT2D eigenvalue weighted by atomic mass is 10.1. The molecular formula is C14H18BrN2O2. The molecule has 1 fully saturated rings. The highest BCUT2D eigenvalue weighted by Gasteiger charge is 2.29. The summed E-state index contributed by atoms with van der Waals surface area (Å²) in [5.41, 5.74) is 6.48. The van der Waals surface area contributed by atoms with E-state index in [1.54, 1.807) is 0 Å². The molecule has 0 bridgehead atoms. The summed E-state index contributed by atoms with van der Waals surface area (Å²) in [4.78, 5) is 13.5. The Morgan fingerprint density at radius 2 is 2.37 bits per heavy atom. The SMILES string of the molecule is CCOc1ccc(Br)cc1CN1CC[CH]C1C(N)=O. The van der Waals surface area contributed by atoms with Gasteiger partial charge in [0, 0.05) is 16.6 Å². The number of likely N-dealkylation sites (tertiary alicyclic amines) is 1. The highest BCUT2D eigenvalue weighted by Crippen LogP contribution is 2.27. The first kappa shape index (κ1) is 14.3. The van der Waals surface area contributed by atoms with Gasteiger partial charge in [-0.2, -0.15) is 0 Å². The molecule has 1 aliphatic heterocycles. The maximum atomic E-state index is 11.4. The van der Waals surface area contributed by atoms with Crippen molar-refractivity contribution in [2.45, 2.75) is 25.9 Å². The molecule has 19 heavy (non-hydrogen) atoms. The molecule has 1 aromatic rings. The van der Waals surface area contributed by atoms with E-state index in [4.69, 9.17) is 10.5 Å².